The molecule has 0 fully saturated rings. The fourth-order valence-corrected chi connectivity index (χ4v) is 4.83. The molecule has 1 aliphatic carbocycles. The first-order valence-corrected chi connectivity index (χ1v) is 10.5. The van der Waals surface area contributed by atoms with Gasteiger partial charge in [-0.05, 0) is 37.5 Å². The smallest absolute Gasteiger partial charge is 0.263 e. The lowest BCUT2D eigenvalue weighted by Gasteiger charge is -2.33. The molecule has 2 heterocycles. The van der Waals surface area contributed by atoms with E-state index >= 15 is 0 Å². The molecule has 2 aromatic heterocycles. The van der Waals surface area contributed by atoms with Crippen molar-refractivity contribution < 1.29 is 9.32 Å². The summed E-state index contributed by atoms with van der Waals surface area (Å²) in [5.74, 6) is 0.912. The molecule has 1 amide bonds. The van der Waals surface area contributed by atoms with Crippen molar-refractivity contribution in [2.24, 2.45) is 11.3 Å². The molecule has 5 nitrogen and oxygen atoms in total. The maximum Gasteiger partial charge on any atom is 0.263 e. The molecule has 0 spiro atoms. The van der Waals surface area contributed by atoms with E-state index in [9.17, 15) is 4.79 Å². The Labute approximate surface area is 169 Å². The van der Waals surface area contributed by atoms with Crippen molar-refractivity contribution in [2.75, 3.05) is 5.32 Å². The molecule has 3 aromatic rings. The first-order chi connectivity index (χ1) is 13.3. The van der Waals surface area contributed by atoms with Crippen LogP contribution in [0.25, 0.3) is 11.3 Å². The quantitative estimate of drug-likeness (QED) is 0.635. The molecule has 0 unspecified atom stereocenters. The zero-order valence-electron chi connectivity index (χ0n) is 16.7. The van der Waals surface area contributed by atoms with Crippen molar-refractivity contribution in [3.63, 3.8) is 0 Å². The summed E-state index contributed by atoms with van der Waals surface area (Å²) < 4.78 is 5.45. The molecule has 1 aliphatic rings. The fraction of sp³-hybridized carbons (Fsp3) is 0.409. The van der Waals surface area contributed by atoms with Crippen LogP contribution >= 0.6 is 11.3 Å². The number of nitrogens with zero attached hydrogens (tertiary/aromatic N) is 2. The number of amides is 1. The topological polar surface area (TPSA) is 68.0 Å². The predicted octanol–water partition coefficient (Wildman–Crippen LogP) is 5.51. The molecular weight excluding hydrogens is 370 g/mol. The van der Waals surface area contributed by atoms with Gasteiger partial charge < -0.3 is 4.52 Å². The van der Waals surface area contributed by atoms with Gasteiger partial charge in [-0.25, -0.2) is 4.98 Å². The molecule has 1 aromatic carbocycles. The van der Waals surface area contributed by atoms with Gasteiger partial charge in [-0.3, -0.25) is 10.1 Å². The number of aromatic nitrogens is 2. The highest BCUT2D eigenvalue weighted by molar-refractivity contribution is 7.15. The number of carbonyl (C=O) groups excluding carboxylic acids is 1. The van der Waals surface area contributed by atoms with Gasteiger partial charge in [0.1, 0.15) is 5.56 Å². The third-order valence-electron chi connectivity index (χ3n) is 5.51. The van der Waals surface area contributed by atoms with E-state index in [4.69, 9.17) is 4.52 Å². The second-order valence-corrected chi connectivity index (χ2v) is 9.57. The van der Waals surface area contributed by atoms with Crippen molar-refractivity contribution in [1.82, 2.24) is 10.1 Å². The Kier molecular flexibility index (Phi) is 4.83. The van der Waals surface area contributed by atoms with Gasteiger partial charge in [-0.15, -0.1) is 11.3 Å². The second-order valence-electron chi connectivity index (χ2n) is 8.49. The Morgan fingerprint density at radius 2 is 2.00 bits per heavy atom. The number of aryl methyl sites for hydroxylation is 2. The number of carbonyl (C=O) groups is 1. The van der Waals surface area contributed by atoms with Crippen LogP contribution in [0, 0.1) is 18.3 Å². The van der Waals surface area contributed by atoms with Gasteiger partial charge in [0.2, 0.25) is 0 Å². The lowest BCUT2D eigenvalue weighted by Crippen LogP contribution is -2.26. The van der Waals surface area contributed by atoms with E-state index < -0.39 is 0 Å². The molecule has 146 valence electrons. The number of hydrogen-bond acceptors (Lipinski definition) is 5. The van der Waals surface area contributed by atoms with Crippen LogP contribution in [-0.2, 0) is 12.8 Å². The van der Waals surface area contributed by atoms with Crippen molar-refractivity contribution in [1.29, 1.82) is 0 Å². The highest BCUT2D eigenvalue weighted by Crippen LogP contribution is 2.40. The molecule has 28 heavy (non-hydrogen) atoms. The van der Waals surface area contributed by atoms with Crippen LogP contribution in [0.4, 0.5) is 5.13 Å². The van der Waals surface area contributed by atoms with E-state index in [1.54, 1.807) is 18.3 Å². The first kappa shape index (κ1) is 18.9. The van der Waals surface area contributed by atoms with Gasteiger partial charge in [0.05, 0.1) is 11.4 Å². The monoisotopic (exact) mass is 395 g/mol. The minimum absolute atomic E-state index is 0.226. The van der Waals surface area contributed by atoms with Crippen LogP contribution in [0.5, 0.6) is 0 Å². The van der Waals surface area contributed by atoms with E-state index in [1.165, 1.54) is 4.88 Å². The van der Waals surface area contributed by atoms with Crippen LogP contribution in [0.3, 0.4) is 0 Å². The summed E-state index contributed by atoms with van der Waals surface area (Å²) in [5, 5.41) is 7.64. The summed E-state index contributed by atoms with van der Waals surface area (Å²) in [7, 11) is 0. The van der Waals surface area contributed by atoms with E-state index in [2.05, 4.69) is 36.2 Å². The summed E-state index contributed by atoms with van der Waals surface area (Å²) in [6, 6.07) is 9.57. The van der Waals surface area contributed by atoms with Crippen LogP contribution in [0.15, 0.2) is 34.9 Å². The van der Waals surface area contributed by atoms with Crippen molar-refractivity contribution >= 4 is 22.4 Å². The molecular formula is C22H25N3O2S. The number of anilines is 1. The van der Waals surface area contributed by atoms with Gasteiger partial charge in [0.25, 0.3) is 5.91 Å². The number of thiazole rings is 1. The van der Waals surface area contributed by atoms with Gasteiger partial charge in [0, 0.05) is 10.4 Å². The molecule has 0 bridgehead atoms. The summed E-state index contributed by atoms with van der Waals surface area (Å²) in [6.07, 6.45) is 3.16. The Bertz CT molecular complexity index is 999. The van der Waals surface area contributed by atoms with Gasteiger partial charge >= 0.3 is 0 Å². The minimum Gasteiger partial charge on any atom is -0.355 e. The molecule has 6 heteroatoms. The Morgan fingerprint density at radius 1 is 1.25 bits per heavy atom. The lowest BCUT2D eigenvalue weighted by atomic mass is 9.73. The standard InChI is InChI=1S/C22H25N3O2S/c1-13-18(19(27-25-13)14-8-6-5-7-9-14)20(26)24-21-23-16-11-10-15(22(2,3)4)12-17(16)28-21/h5-9,15H,10-12H2,1-4H3,(H,23,24,26)/t15-/m0/s1. The highest BCUT2D eigenvalue weighted by atomic mass is 32.1. The number of benzene rings is 1. The zero-order valence-corrected chi connectivity index (χ0v) is 17.5. The maximum atomic E-state index is 13.0. The van der Waals surface area contributed by atoms with Crippen LogP contribution in [0.1, 0.15) is 53.8 Å². The first-order valence-electron chi connectivity index (χ1n) is 9.64. The molecule has 0 saturated carbocycles. The SMILES string of the molecule is Cc1noc(-c2ccccc2)c1C(=O)Nc1nc2c(s1)C[C@@H](C(C)(C)C)CC2. The lowest BCUT2D eigenvalue weighted by molar-refractivity contribution is 0.102. The fourth-order valence-electron chi connectivity index (χ4n) is 3.75. The van der Waals surface area contributed by atoms with Crippen LogP contribution in [-0.4, -0.2) is 16.0 Å². The maximum absolute atomic E-state index is 13.0. The molecule has 0 saturated heterocycles. The average molecular weight is 396 g/mol. The third-order valence-corrected chi connectivity index (χ3v) is 6.55. The summed E-state index contributed by atoms with van der Waals surface area (Å²) in [5.41, 5.74) is 3.29. The molecule has 1 N–H and O–H groups in total. The second kappa shape index (κ2) is 7.17. The zero-order chi connectivity index (χ0) is 19.9. The Hall–Kier alpha value is -2.47. The van der Waals surface area contributed by atoms with E-state index in [0.29, 0.717) is 28.1 Å². The Balaban J connectivity index is 1.57. The number of nitrogens with one attached hydrogen (secondary N) is 1. The third kappa shape index (κ3) is 3.61. The van der Waals surface area contributed by atoms with Gasteiger partial charge in [-0.2, -0.15) is 0 Å². The largest absolute Gasteiger partial charge is 0.355 e. The predicted molar refractivity (Wildman–Crippen MR) is 112 cm³/mol. The number of hydrogen-bond donors (Lipinski definition) is 1. The van der Waals surface area contributed by atoms with Crippen LogP contribution in [0.2, 0.25) is 0 Å². The number of fused-ring (bicyclic) bond motifs is 1. The van der Waals surface area contributed by atoms with Crippen molar-refractivity contribution in [2.45, 2.75) is 47.0 Å². The van der Waals surface area contributed by atoms with Crippen molar-refractivity contribution in [3.8, 4) is 11.3 Å². The molecule has 1 atom stereocenters. The minimum atomic E-state index is -0.226. The van der Waals surface area contributed by atoms with E-state index in [1.807, 2.05) is 30.3 Å². The molecule has 0 radical (unpaired) electrons. The van der Waals surface area contributed by atoms with E-state index in [-0.39, 0.29) is 11.3 Å². The van der Waals surface area contributed by atoms with Crippen LogP contribution < -0.4 is 5.32 Å². The van der Waals surface area contributed by atoms with Crippen molar-refractivity contribution in [3.05, 3.63) is 52.2 Å². The van der Waals surface area contributed by atoms with Gasteiger partial charge in [0.15, 0.2) is 10.9 Å². The average Bonchev–Trinajstić information content (AvgIpc) is 3.23. The number of rotatable bonds is 3. The summed E-state index contributed by atoms with van der Waals surface area (Å²) in [6.45, 7) is 8.68. The van der Waals surface area contributed by atoms with E-state index in [0.717, 1.165) is 30.5 Å². The molecule has 4 rings (SSSR count). The molecule has 0 aliphatic heterocycles. The highest BCUT2D eigenvalue weighted by Gasteiger charge is 2.31. The van der Waals surface area contributed by atoms with Gasteiger partial charge in [-0.1, -0.05) is 56.3 Å². The normalized spacial score (nSPS) is 16.6. The Morgan fingerprint density at radius 3 is 2.71 bits per heavy atom. The summed E-state index contributed by atoms with van der Waals surface area (Å²) >= 11 is 1.59. The summed E-state index contributed by atoms with van der Waals surface area (Å²) in [4.78, 5) is 19.0.